The predicted molar refractivity (Wildman–Crippen MR) is 120 cm³/mol. The second-order valence-corrected chi connectivity index (χ2v) is 6.99. The Kier molecular flexibility index (Phi) is 26.9. The van der Waals surface area contributed by atoms with Gasteiger partial charge in [-0.05, 0) is 6.42 Å². The normalized spacial score (nSPS) is 11.3. The number of hydrogen-bond acceptors (Lipinski definition) is 8. The van der Waals surface area contributed by atoms with E-state index in [4.69, 9.17) is 33.2 Å². The van der Waals surface area contributed by atoms with E-state index in [0.29, 0.717) is 98.7 Å². The summed E-state index contributed by atoms with van der Waals surface area (Å²) in [6, 6.07) is 0. The highest BCUT2D eigenvalue weighted by Gasteiger charge is 1.98. The summed E-state index contributed by atoms with van der Waals surface area (Å²) >= 11 is 0. The van der Waals surface area contributed by atoms with Gasteiger partial charge in [-0.3, -0.25) is 4.79 Å². The molecule has 0 saturated heterocycles. The van der Waals surface area contributed by atoms with Crippen LogP contribution in [0, 0.1) is 0 Å². The molecule has 8 nitrogen and oxygen atoms in total. The van der Waals surface area contributed by atoms with Crippen LogP contribution < -0.4 is 0 Å². The van der Waals surface area contributed by atoms with Crippen molar-refractivity contribution < 1.29 is 38.0 Å². The Morgan fingerprint density at radius 3 is 1.16 bits per heavy atom. The summed E-state index contributed by atoms with van der Waals surface area (Å²) < 4.78 is 38.0. The number of unbranched alkanes of at least 4 members (excludes halogenated alkanes) is 3. The zero-order chi connectivity index (χ0) is 22.7. The molecule has 0 amide bonds. The summed E-state index contributed by atoms with van der Waals surface area (Å²) in [5.41, 5.74) is 0. The molecule has 0 N–H and O–H groups in total. The average molecular weight is 451 g/mol. The first-order valence-electron chi connectivity index (χ1n) is 11.9. The minimum absolute atomic E-state index is 0.224. The lowest BCUT2D eigenvalue weighted by Gasteiger charge is -2.08. The fraction of sp³-hybridized carbons (Fsp3) is 0.957. The van der Waals surface area contributed by atoms with Gasteiger partial charge in [-0.1, -0.05) is 33.1 Å². The van der Waals surface area contributed by atoms with Crippen LogP contribution in [0.1, 0.15) is 52.4 Å². The van der Waals surface area contributed by atoms with Crippen molar-refractivity contribution in [2.45, 2.75) is 52.4 Å². The van der Waals surface area contributed by atoms with Gasteiger partial charge >= 0.3 is 0 Å². The summed E-state index contributed by atoms with van der Waals surface area (Å²) in [6.07, 6.45) is 5.96. The first kappa shape index (κ1) is 30.4. The largest absolute Gasteiger partial charge is 0.379 e. The van der Waals surface area contributed by atoms with Crippen molar-refractivity contribution in [2.75, 3.05) is 92.5 Å². The third-order valence-corrected chi connectivity index (χ3v) is 4.29. The molecule has 0 bridgehead atoms. The van der Waals surface area contributed by atoms with Gasteiger partial charge in [0.2, 0.25) is 0 Å². The molecular weight excluding hydrogens is 404 g/mol. The van der Waals surface area contributed by atoms with E-state index in [9.17, 15) is 4.79 Å². The van der Waals surface area contributed by atoms with E-state index in [1.54, 1.807) is 0 Å². The minimum Gasteiger partial charge on any atom is -0.379 e. The summed E-state index contributed by atoms with van der Waals surface area (Å²) in [7, 11) is 0. The van der Waals surface area contributed by atoms with E-state index in [-0.39, 0.29) is 5.78 Å². The van der Waals surface area contributed by atoms with Gasteiger partial charge in [-0.25, -0.2) is 0 Å². The van der Waals surface area contributed by atoms with E-state index in [1.165, 1.54) is 19.3 Å². The maximum absolute atomic E-state index is 11.1. The first-order valence-corrected chi connectivity index (χ1v) is 11.9. The Balaban J connectivity index is 3.01. The number of carbonyl (C=O) groups excluding carboxylic acids is 1. The number of hydrogen-bond donors (Lipinski definition) is 0. The Bertz CT molecular complexity index is 354. The van der Waals surface area contributed by atoms with Gasteiger partial charge in [0.1, 0.15) is 5.78 Å². The van der Waals surface area contributed by atoms with Crippen molar-refractivity contribution in [3.63, 3.8) is 0 Å². The van der Waals surface area contributed by atoms with Crippen LogP contribution in [-0.4, -0.2) is 98.3 Å². The van der Waals surface area contributed by atoms with Crippen LogP contribution in [0.15, 0.2) is 0 Å². The lowest BCUT2D eigenvalue weighted by Crippen LogP contribution is -2.14. The molecule has 0 aromatic rings. The number of ether oxygens (including phenoxy) is 7. The highest BCUT2D eigenvalue weighted by molar-refractivity contribution is 5.78. The lowest BCUT2D eigenvalue weighted by atomic mass is 10.2. The quantitative estimate of drug-likeness (QED) is 0.177. The highest BCUT2D eigenvalue weighted by Crippen LogP contribution is 1.98. The van der Waals surface area contributed by atoms with Gasteiger partial charge < -0.3 is 33.2 Å². The summed E-state index contributed by atoms with van der Waals surface area (Å²) in [6.45, 7) is 11.9. The number of carbonyl (C=O) groups is 1. The van der Waals surface area contributed by atoms with E-state index in [2.05, 4.69) is 6.92 Å². The van der Waals surface area contributed by atoms with Crippen LogP contribution >= 0.6 is 0 Å². The van der Waals surface area contributed by atoms with Crippen molar-refractivity contribution in [2.24, 2.45) is 0 Å². The molecular formula is C23H46O8. The second-order valence-electron chi connectivity index (χ2n) is 6.99. The molecule has 0 rings (SSSR count). The molecule has 0 saturated carbocycles. The van der Waals surface area contributed by atoms with Crippen molar-refractivity contribution in [1.29, 1.82) is 0 Å². The van der Waals surface area contributed by atoms with Crippen LogP contribution in [0.4, 0.5) is 0 Å². The second kappa shape index (κ2) is 27.4. The smallest absolute Gasteiger partial charge is 0.134 e. The Hall–Kier alpha value is -0.610. The zero-order valence-corrected chi connectivity index (χ0v) is 19.9. The molecule has 0 aromatic heterocycles. The van der Waals surface area contributed by atoms with Crippen LogP contribution in [0.2, 0.25) is 0 Å². The molecule has 0 radical (unpaired) electrons. The van der Waals surface area contributed by atoms with Crippen LogP contribution in [0.5, 0.6) is 0 Å². The van der Waals surface area contributed by atoms with Crippen LogP contribution in [0.3, 0.4) is 0 Å². The third kappa shape index (κ3) is 27.4. The molecule has 0 fully saturated rings. The number of rotatable bonds is 27. The monoisotopic (exact) mass is 450 g/mol. The van der Waals surface area contributed by atoms with Gasteiger partial charge in [0.25, 0.3) is 0 Å². The summed E-state index contributed by atoms with van der Waals surface area (Å²) in [5, 5.41) is 0. The molecule has 0 aliphatic heterocycles. The van der Waals surface area contributed by atoms with Gasteiger partial charge in [0.15, 0.2) is 0 Å². The van der Waals surface area contributed by atoms with E-state index in [0.717, 1.165) is 13.0 Å². The Morgan fingerprint density at radius 1 is 0.452 bits per heavy atom. The topological polar surface area (TPSA) is 81.7 Å². The molecule has 0 atom stereocenters. The van der Waals surface area contributed by atoms with Gasteiger partial charge in [-0.15, -0.1) is 0 Å². The number of Topliss-reactive ketones (excluding diaryl/α,β-unsaturated/α-hetero) is 1. The SMILES string of the molecule is CCCCCCOCCOCCOCCOCCOCCOCCOCCC(=O)CC. The molecule has 0 unspecified atom stereocenters. The molecule has 0 heterocycles. The van der Waals surface area contributed by atoms with E-state index < -0.39 is 0 Å². The maximum atomic E-state index is 11.1. The first-order chi connectivity index (χ1) is 15.3. The summed E-state index contributed by atoms with van der Waals surface area (Å²) in [4.78, 5) is 11.1. The molecule has 0 aromatic carbocycles. The fourth-order valence-corrected chi connectivity index (χ4v) is 2.42. The Morgan fingerprint density at radius 2 is 0.806 bits per heavy atom. The van der Waals surface area contributed by atoms with Gasteiger partial charge in [-0.2, -0.15) is 0 Å². The highest BCUT2D eigenvalue weighted by atomic mass is 16.6. The van der Waals surface area contributed by atoms with E-state index in [1.807, 2.05) is 6.92 Å². The predicted octanol–water partition coefficient (Wildman–Crippen LogP) is 3.05. The van der Waals surface area contributed by atoms with Crippen molar-refractivity contribution in [3.05, 3.63) is 0 Å². The van der Waals surface area contributed by atoms with Crippen molar-refractivity contribution in [3.8, 4) is 0 Å². The lowest BCUT2D eigenvalue weighted by molar-refractivity contribution is -0.120. The third-order valence-electron chi connectivity index (χ3n) is 4.29. The minimum atomic E-state index is 0.224. The number of ketones is 1. The molecule has 31 heavy (non-hydrogen) atoms. The standard InChI is InChI=1S/C23H46O8/c1-3-5-6-7-9-25-11-13-27-15-17-29-19-21-31-22-20-30-18-16-28-14-12-26-10-8-23(24)4-2/h3-22H2,1-2H3. The zero-order valence-electron chi connectivity index (χ0n) is 19.9. The van der Waals surface area contributed by atoms with Gasteiger partial charge in [0.05, 0.1) is 85.9 Å². The molecule has 186 valence electrons. The average Bonchev–Trinajstić information content (AvgIpc) is 2.78. The molecule has 0 aliphatic rings. The molecule has 8 heteroatoms. The molecule has 0 spiro atoms. The maximum Gasteiger partial charge on any atom is 0.134 e. The fourth-order valence-electron chi connectivity index (χ4n) is 2.42. The summed E-state index contributed by atoms with van der Waals surface area (Å²) in [5.74, 6) is 0.224. The van der Waals surface area contributed by atoms with Crippen molar-refractivity contribution in [1.82, 2.24) is 0 Å². The van der Waals surface area contributed by atoms with Crippen LogP contribution in [0.25, 0.3) is 0 Å². The van der Waals surface area contributed by atoms with E-state index >= 15 is 0 Å². The molecule has 0 aliphatic carbocycles. The Labute approximate surface area is 189 Å². The van der Waals surface area contributed by atoms with Crippen LogP contribution in [-0.2, 0) is 38.0 Å². The van der Waals surface area contributed by atoms with Crippen molar-refractivity contribution >= 4 is 5.78 Å². The van der Waals surface area contributed by atoms with Gasteiger partial charge in [0, 0.05) is 19.4 Å².